The fourth-order valence-corrected chi connectivity index (χ4v) is 2.04. The zero-order valence-corrected chi connectivity index (χ0v) is 10.5. The van der Waals surface area contributed by atoms with Gasteiger partial charge < -0.3 is 10.1 Å². The number of aromatic nitrogens is 1. The standard InChI is InChI=1S/C14H16N2O2/c1-15-13(7-14(17)18-2)12-9-16-8-10-5-3-4-6-11(10)12/h3-6,8-9,13,15H,7H2,1-2H3. The highest BCUT2D eigenvalue weighted by Crippen LogP contribution is 2.25. The van der Waals surface area contributed by atoms with E-state index in [9.17, 15) is 4.79 Å². The Morgan fingerprint density at radius 2 is 2.17 bits per heavy atom. The molecule has 1 aromatic carbocycles. The average Bonchev–Trinajstić information content (AvgIpc) is 2.44. The SMILES string of the molecule is CNC(CC(=O)OC)c1cncc2ccccc12. The molecule has 1 N–H and O–H groups in total. The number of pyridine rings is 1. The molecular formula is C14H16N2O2. The number of esters is 1. The van der Waals surface area contributed by atoms with Crippen molar-refractivity contribution in [1.82, 2.24) is 10.3 Å². The predicted molar refractivity (Wildman–Crippen MR) is 70.2 cm³/mol. The van der Waals surface area contributed by atoms with E-state index in [4.69, 9.17) is 4.74 Å². The Morgan fingerprint density at radius 3 is 2.89 bits per heavy atom. The predicted octanol–water partition coefficient (Wildman–Crippen LogP) is 2.06. The minimum Gasteiger partial charge on any atom is -0.469 e. The topological polar surface area (TPSA) is 51.2 Å². The summed E-state index contributed by atoms with van der Waals surface area (Å²) >= 11 is 0. The van der Waals surface area contributed by atoms with Gasteiger partial charge in [0.05, 0.1) is 13.5 Å². The summed E-state index contributed by atoms with van der Waals surface area (Å²) < 4.78 is 4.72. The van der Waals surface area contributed by atoms with Gasteiger partial charge in [-0.05, 0) is 18.0 Å². The molecule has 0 saturated carbocycles. The summed E-state index contributed by atoms with van der Waals surface area (Å²) in [5.74, 6) is -0.234. The van der Waals surface area contributed by atoms with Crippen LogP contribution in [0, 0.1) is 0 Å². The largest absolute Gasteiger partial charge is 0.469 e. The monoisotopic (exact) mass is 244 g/mol. The summed E-state index contributed by atoms with van der Waals surface area (Å²) in [4.78, 5) is 15.6. The molecule has 1 heterocycles. The van der Waals surface area contributed by atoms with Crippen LogP contribution < -0.4 is 5.32 Å². The lowest BCUT2D eigenvalue weighted by molar-refractivity contribution is -0.141. The molecule has 0 aliphatic heterocycles. The number of hydrogen-bond acceptors (Lipinski definition) is 4. The molecule has 0 spiro atoms. The summed E-state index contributed by atoms with van der Waals surface area (Å²) in [5, 5.41) is 5.31. The van der Waals surface area contributed by atoms with Gasteiger partial charge in [0.1, 0.15) is 0 Å². The van der Waals surface area contributed by atoms with Crippen LogP contribution in [-0.2, 0) is 9.53 Å². The van der Waals surface area contributed by atoms with Crippen LogP contribution in [0.4, 0.5) is 0 Å². The van der Waals surface area contributed by atoms with Gasteiger partial charge in [-0.15, -0.1) is 0 Å². The van der Waals surface area contributed by atoms with Crippen LogP contribution in [0.25, 0.3) is 10.8 Å². The van der Waals surface area contributed by atoms with E-state index in [2.05, 4.69) is 10.3 Å². The maximum Gasteiger partial charge on any atom is 0.307 e. The van der Waals surface area contributed by atoms with Crippen molar-refractivity contribution >= 4 is 16.7 Å². The number of hydrogen-bond donors (Lipinski definition) is 1. The number of nitrogens with zero attached hydrogens (tertiary/aromatic N) is 1. The second-order valence-corrected chi connectivity index (χ2v) is 4.07. The third kappa shape index (κ3) is 2.49. The van der Waals surface area contributed by atoms with Crippen molar-refractivity contribution in [2.45, 2.75) is 12.5 Å². The van der Waals surface area contributed by atoms with Gasteiger partial charge in [0.25, 0.3) is 0 Å². The van der Waals surface area contributed by atoms with Crippen molar-refractivity contribution in [2.75, 3.05) is 14.2 Å². The zero-order chi connectivity index (χ0) is 13.0. The number of fused-ring (bicyclic) bond motifs is 1. The first kappa shape index (κ1) is 12.5. The molecule has 1 atom stereocenters. The quantitative estimate of drug-likeness (QED) is 0.836. The lowest BCUT2D eigenvalue weighted by Gasteiger charge is -2.17. The Kier molecular flexibility index (Phi) is 3.89. The maximum atomic E-state index is 11.4. The minimum absolute atomic E-state index is 0.0870. The molecule has 4 heteroatoms. The molecule has 1 aromatic heterocycles. The van der Waals surface area contributed by atoms with Crippen molar-refractivity contribution in [3.05, 3.63) is 42.2 Å². The smallest absolute Gasteiger partial charge is 0.307 e. The van der Waals surface area contributed by atoms with E-state index in [1.54, 1.807) is 6.20 Å². The molecule has 0 saturated heterocycles. The van der Waals surface area contributed by atoms with Crippen LogP contribution in [0.1, 0.15) is 18.0 Å². The van der Waals surface area contributed by atoms with E-state index in [1.165, 1.54) is 7.11 Å². The van der Waals surface area contributed by atoms with Gasteiger partial charge in [0.15, 0.2) is 0 Å². The number of benzene rings is 1. The maximum absolute atomic E-state index is 11.4. The first-order chi connectivity index (χ1) is 8.76. The van der Waals surface area contributed by atoms with Gasteiger partial charge >= 0.3 is 5.97 Å². The Balaban J connectivity index is 2.41. The van der Waals surface area contributed by atoms with E-state index in [-0.39, 0.29) is 12.0 Å². The van der Waals surface area contributed by atoms with E-state index in [0.717, 1.165) is 16.3 Å². The van der Waals surface area contributed by atoms with Gasteiger partial charge in [0, 0.05) is 23.8 Å². The minimum atomic E-state index is -0.234. The highest BCUT2D eigenvalue weighted by Gasteiger charge is 2.17. The molecule has 0 aliphatic rings. The Labute approximate surface area is 106 Å². The van der Waals surface area contributed by atoms with Crippen LogP contribution in [0.2, 0.25) is 0 Å². The highest BCUT2D eigenvalue weighted by atomic mass is 16.5. The van der Waals surface area contributed by atoms with E-state index >= 15 is 0 Å². The summed E-state index contributed by atoms with van der Waals surface area (Å²) in [7, 11) is 3.23. The number of methoxy groups -OCH3 is 1. The molecule has 0 amide bonds. The lowest BCUT2D eigenvalue weighted by Crippen LogP contribution is -2.21. The number of rotatable bonds is 4. The normalized spacial score (nSPS) is 12.3. The third-order valence-electron chi connectivity index (χ3n) is 3.02. The first-order valence-corrected chi connectivity index (χ1v) is 5.83. The van der Waals surface area contributed by atoms with Crippen molar-refractivity contribution in [2.24, 2.45) is 0 Å². The second-order valence-electron chi connectivity index (χ2n) is 4.07. The number of carbonyl (C=O) groups excluding carboxylic acids is 1. The van der Waals surface area contributed by atoms with Gasteiger partial charge in [0.2, 0.25) is 0 Å². The van der Waals surface area contributed by atoms with Crippen molar-refractivity contribution in [3.63, 3.8) is 0 Å². The van der Waals surface area contributed by atoms with Gasteiger partial charge in [-0.1, -0.05) is 24.3 Å². The Hall–Kier alpha value is -1.94. The van der Waals surface area contributed by atoms with Gasteiger partial charge in [-0.3, -0.25) is 9.78 Å². The van der Waals surface area contributed by atoms with Crippen molar-refractivity contribution in [3.8, 4) is 0 Å². The van der Waals surface area contributed by atoms with Gasteiger partial charge in [-0.25, -0.2) is 0 Å². The number of carbonyl (C=O) groups is 1. The Morgan fingerprint density at radius 1 is 1.39 bits per heavy atom. The lowest BCUT2D eigenvalue weighted by atomic mass is 9.99. The fourth-order valence-electron chi connectivity index (χ4n) is 2.04. The molecule has 1 unspecified atom stereocenters. The Bertz CT molecular complexity index is 549. The second kappa shape index (κ2) is 5.60. The fraction of sp³-hybridized carbons (Fsp3) is 0.286. The molecule has 2 rings (SSSR count). The van der Waals surface area contributed by atoms with Crippen LogP contribution in [0.15, 0.2) is 36.7 Å². The van der Waals surface area contributed by atoms with Crippen LogP contribution in [0.3, 0.4) is 0 Å². The molecule has 0 bridgehead atoms. The molecule has 0 aliphatic carbocycles. The first-order valence-electron chi connectivity index (χ1n) is 5.83. The van der Waals surface area contributed by atoms with Crippen LogP contribution in [0.5, 0.6) is 0 Å². The van der Waals surface area contributed by atoms with Crippen LogP contribution >= 0.6 is 0 Å². The van der Waals surface area contributed by atoms with Crippen molar-refractivity contribution in [1.29, 1.82) is 0 Å². The molecule has 94 valence electrons. The zero-order valence-electron chi connectivity index (χ0n) is 10.5. The third-order valence-corrected chi connectivity index (χ3v) is 3.02. The summed E-state index contributed by atoms with van der Waals surface area (Å²) in [6, 6.07) is 7.92. The van der Waals surface area contributed by atoms with Crippen LogP contribution in [-0.4, -0.2) is 25.1 Å². The molecular weight excluding hydrogens is 228 g/mol. The summed E-state index contributed by atoms with van der Waals surface area (Å²) in [6.07, 6.45) is 3.92. The number of ether oxygens (including phenoxy) is 1. The van der Waals surface area contributed by atoms with E-state index < -0.39 is 0 Å². The molecule has 18 heavy (non-hydrogen) atoms. The van der Waals surface area contributed by atoms with Gasteiger partial charge in [-0.2, -0.15) is 0 Å². The molecule has 4 nitrogen and oxygen atoms in total. The van der Waals surface area contributed by atoms with Crippen molar-refractivity contribution < 1.29 is 9.53 Å². The van der Waals surface area contributed by atoms with E-state index in [0.29, 0.717) is 6.42 Å². The number of nitrogens with one attached hydrogen (secondary N) is 1. The summed E-state index contributed by atoms with van der Waals surface area (Å²) in [5.41, 5.74) is 1.01. The molecule has 0 radical (unpaired) electrons. The average molecular weight is 244 g/mol. The highest BCUT2D eigenvalue weighted by molar-refractivity contribution is 5.85. The molecule has 2 aromatic rings. The molecule has 0 fully saturated rings. The van der Waals surface area contributed by atoms with E-state index in [1.807, 2.05) is 37.5 Å². The summed E-state index contributed by atoms with van der Waals surface area (Å²) in [6.45, 7) is 0.